The summed E-state index contributed by atoms with van der Waals surface area (Å²) in [4.78, 5) is 15.8. The van der Waals surface area contributed by atoms with Gasteiger partial charge in [0.2, 0.25) is 15.9 Å². The number of carbonyl (C=O) groups is 1. The van der Waals surface area contributed by atoms with Gasteiger partial charge in [-0.05, 0) is 44.7 Å². The zero-order valence-electron chi connectivity index (χ0n) is 13.6. The van der Waals surface area contributed by atoms with E-state index in [0.717, 1.165) is 12.1 Å². The Kier molecular flexibility index (Phi) is 6.04. The minimum Gasteiger partial charge on any atom is -0.310 e. The van der Waals surface area contributed by atoms with E-state index in [2.05, 4.69) is 15.0 Å². The van der Waals surface area contributed by atoms with Gasteiger partial charge in [-0.25, -0.2) is 18.1 Å². The lowest BCUT2D eigenvalue weighted by molar-refractivity contribution is -0.137. The average molecular weight is 379 g/mol. The van der Waals surface area contributed by atoms with E-state index >= 15 is 0 Å². The van der Waals surface area contributed by atoms with Crippen molar-refractivity contribution in [2.24, 2.45) is 5.92 Å². The maximum atomic E-state index is 12.5. The quantitative estimate of drug-likeness (QED) is 0.823. The predicted molar refractivity (Wildman–Crippen MR) is 86.2 cm³/mol. The predicted octanol–water partition coefficient (Wildman–Crippen LogP) is 2.54. The Morgan fingerprint density at radius 2 is 1.88 bits per heavy atom. The molecule has 1 aromatic heterocycles. The normalized spacial score (nSPS) is 21.8. The van der Waals surface area contributed by atoms with Crippen LogP contribution in [0.4, 0.5) is 19.0 Å². The second-order valence-electron chi connectivity index (χ2n) is 5.99. The molecule has 1 amide bonds. The summed E-state index contributed by atoms with van der Waals surface area (Å²) < 4.78 is 63.1. The number of rotatable bonds is 5. The molecule has 0 saturated heterocycles. The molecule has 0 unspecified atom stereocenters. The summed E-state index contributed by atoms with van der Waals surface area (Å²) in [5, 5.41) is 2.51. The minimum atomic E-state index is -4.47. The van der Waals surface area contributed by atoms with Gasteiger partial charge in [-0.2, -0.15) is 13.2 Å². The fourth-order valence-electron chi connectivity index (χ4n) is 2.67. The lowest BCUT2D eigenvalue weighted by Crippen LogP contribution is -2.40. The van der Waals surface area contributed by atoms with Crippen molar-refractivity contribution in [1.29, 1.82) is 0 Å². The van der Waals surface area contributed by atoms with Crippen LogP contribution in [-0.2, 0) is 21.0 Å². The SMILES string of the molecule is CCS(=O)(=O)NC1CCC(C(=O)Nc2ccc(C(F)(F)F)cn2)CC1. The van der Waals surface area contributed by atoms with Gasteiger partial charge in [0, 0.05) is 18.2 Å². The van der Waals surface area contributed by atoms with E-state index in [-0.39, 0.29) is 29.4 Å². The van der Waals surface area contributed by atoms with E-state index in [1.165, 1.54) is 0 Å². The molecule has 140 valence electrons. The molecule has 2 N–H and O–H groups in total. The topological polar surface area (TPSA) is 88.2 Å². The van der Waals surface area contributed by atoms with E-state index in [1.807, 2.05) is 0 Å². The number of hydrogen-bond acceptors (Lipinski definition) is 4. The van der Waals surface area contributed by atoms with Crippen molar-refractivity contribution < 1.29 is 26.4 Å². The molecule has 1 fully saturated rings. The van der Waals surface area contributed by atoms with Crippen molar-refractivity contribution >= 4 is 21.7 Å². The number of alkyl halides is 3. The first-order chi connectivity index (χ1) is 11.6. The van der Waals surface area contributed by atoms with Gasteiger partial charge in [0.15, 0.2) is 0 Å². The van der Waals surface area contributed by atoms with E-state index in [0.29, 0.717) is 31.9 Å². The Morgan fingerprint density at radius 1 is 1.24 bits per heavy atom. The number of amides is 1. The van der Waals surface area contributed by atoms with Crippen LogP contribution in [0.5, 0.6) is 0 Å². The van der Waals surface area contributed by atoms with Gasteiger partial charge in [0.25, 0.3) is 0 Å². The molecule has 1 saturated carbocycles. The standard InChI is InChI=1S/C15H20F3N3O3S/c1-2-25(23,24)21-12-6-3-10(4-7-12)14(22)20-13-8-5-11(9-19-13)15(16,17)18/h5,8-10,12,21H,2-4,6-7H2,1H3,(H,19,20,22). The summed E-state index contributed by atoms with van der Waals surface area (Å²) in [7, 11) is -3.27. The Labute approximate surface area is 144 Å². The van der Waals surface area contributed by atoms with Crippen molar-refractivity contribution in [3.8, 4) is 0 Å². The van der Waals surface area contributed by atoms with E-state index < -0.39 is 21.8 Å². The van der Waals surface area contributed by atoms with Crippen LogP contribution in [0.1, 0.15) is 38.2 Å². The van der Waals surface area contributed by atoms with Gasteiger partial charge < -0.3 is 5.32 Å². The molecule has 1 heterocycles. The van der Waals surface area contributed by atoms with Gasteiger partial charge in [0.05, 0.1) is 11.3 Å². The molecule has 0 aromatic carbocycles. The summed E-state index contributed by atoms with van der Waals surface area (Å²) in [6, 6.07) is 1.79. The lowest BCUT2D eigenvalue weighted by atomic mass is 9.86. The smallest absolute Gasteiger partial charge is 0.310 e. The molecular formula is C15H20F3N3O3S. The molecule has 10 heteroatoms. The zero-order chi connectivity index (χ0) is 18.7. The number of nitrogens with zero attached hydrogens (tertiary/aromatic N) is 1. The molecule has 0 bridgehead atoms. The highest BCUT2D eigenvalue weighted by Crippen LogP contribution is 2.29. The third-order valence-electron chi connectivity index (χ3n) is 4.17. The van der Waals surface area contributed by atoms with Crippen molar-refractivity contribution in [3.05, 3.63) is 23.9 Å². The average Bonchev–Trinajstić information content (AvgIpc) is 2.55. The number of aromatic nitrogens is 1. The maximum absolute atomic E-state index is 12.5. The summed E-state index contributed by atoms with van der Waals surface area (Å²) in [5.74, 6) is -0.560. The lowest BCUT2D eigenvalue weighted by Gasteiger charge is -2.28. The second-order valence-corrected chi connectivity index (χ2v) is 8.03. The molecule has 0 radical (unpaired) electrons. The van der Waals surface area contributed by atoms with Crippen LogP contribution in [0.3, 0.4) is 0 Å². The van der Waals surface area contributed by atoms with Crippen LogP contribution in [0.25, 0.3) is 0 Å². The third-order valence-corrected chi connectivity index (χ3v) is 5.62. The van der Waals surface area contributed by atoms with Gasteiger partial charge in [-0.1, -0.05) is 0 Å². The number of nitrogens with one attached hydrogen (secondary N) is 2. The highest BCUT2D eigenvalue weighted by Gasteiger charge is 2.31. The Balaban J connectivity index is 1.86. The van der Waals surface area contributed by atoms with Crippen LogP contribution >= 0.6 is 0 Å². The first-order valence-electron chi connectivity index (χ1n) is 7.95. The largest absolute Gasteiger partial charge is 0.417 e. The van der Waals surface area contributed by atoms with Gasteiger partial charge in [-0.3, -0.25) is 4.79 Å². The van der Waals surface area contributed by atoms with E-state index in [1.54, 1.807) is 6.92 Å². The summed E-state index contributed by atoms with van der Waals surface area (Å²) in [5.41, 5.74) is -0.880. The molecule has 25 heavy (non-hydrogen) atoms. The van der Waals surface area contributed by atoms with Gasteiger partial charge >= 0.3 is 6.18 Å². The summed E-state index contributed by atoms with van der Waals surface area (Å²) in [6.07, 6.45) is -1.71. The van der Waals surface area contributed by atoms with Crippen LogP contribution in [0.15, 0.2) is 18.3 Å². The van der Waals surface area contributed by atoms with Crippen molar-refractivity contribution in [2.45, 2.75) is 44.8 Å². The number of hydrogen-bond donors (Lipinski definition) is 2. The van der Waals surface area contributed by atoms with E-state index in [4.69, 9.17) is 0 Å². The number of halogens is 3. The molecule has 0 atom stereocenters. The van der Waals surface area contributed by atoms with Crippen molar-refractivity contribution in [1.82, 2.24) is 9.71 Å². The van der Waals surface area contributed by atoms with Gasteiger partial charge in [-0.15, -0.1) is 0 Å². The minimum absolute atomic E-state index is 0.00695. The van der Waals surface area contributed by atoms with Gasteiger partial charge in [0.1, 0.15) is 5.82 Å². The fourth-order valence-corrected chi connectivity index (χ4v) is 3.58. The molecule has 1 aromatic rings. The van der Waals surface area contributed by atoms with Crippen molar-refractivity contribution in [3.63, 3.8) is 0 Å². The second kappa shape index (κ2) is 7.69. The molecule has 0 aliphatic heterocycles. The molecular weight excluding hydrogens is 359 g/mol. The molecule has 1 aliphatic carbocycles. The highest BCUT2D eigenvalue weighted by atomic mass is 32.2. The van der Waals surface area contributed by atoms with Crippen LogP contribution < -0.4 is 10.0 Å². The fraction of sp³-hybridized carbons (Fsp3) is 0.600. The van der Waals surface area contributed by atoms with Crippen LogP contribution in [0, 0.1) is 5.92 Å². The highest BCUT2D eigenvalue weighted by molar-refractivity contribution is 7.89. The number of sulfonamides is 1. The number of pyridine rings is 1. The molecule has 1 aliphatic rings. The van der Waals surface area contributed by atoms with Crippen LogP contribution in [0.2, 0.25) is 0 Å². The molecule has 2 rings (SSSR count). The Hall–Kier alpha value is -1.68. The van der Waals surface area contributed by atoms with Crippen molar-refractivity contribution in [2.75, 3.05) is 11.1 Å². The number of anilines is 1. The maximum Gasteiger partial charge on any atom is 0.417 e. The molecule has 0 spiro atoms. The van der Waals surface area contributed by atoms with Crippen LogP contribution in [-0.4, -0.2) is 31.1 Å². The summed E-state index contributed by atoms with van der Waals surface area (Å²) in [6.45, 7) is 1.55. The number of carbonyl (C=O) groups excluding carboxylic acids is 1. The third kappa shape index (κ3) is 5.67. The zero-order valence-corrected chi connectivity index (χ0v) is 14.5. The molecule has 6 nitrogen and oxygen atoms in total. The monoisotopic (exact) mass is 379 g/mol. The van der Waals surface area contributed by atoms with E-state index in [9.17, 15) is 26.4 Å². The first kappa shape index (κ1) is 19.6. The Bertz CT molecular complexity index is 697. The summed E-state index contributed by atoms with van der Waals surface area (Å²) >= 11 is 0. The first-order valence-corrected chi connectivity index (χ1v) is 9.60. The Morgan fingerprint density at radius 3 is 2.36 bits per heavy atom.